The second kappa shape index (κ2) is 7.10. The van der Waals surface area contributed by atoms with E-state index in [4.69, 9.17) is 18.9 Å². The molecule has 136 valence electrons. The Labute approximate surface area is 144 Å². The van der Waals surface area contributed by atoms with E-state index in [-0.39, 0.29) is 12.2 Å². The molecule has 0 aromatic heterocycles. The van der Waals surface area contributed by atoms with Crippen LogP contribution in [-0.2, 0) is 18.9 Å². The molecule has 1 aliphatic heterocycles. The first kappa shape index (κ1) is 19.3. The van der Waals surface area contributed by atoms with Crippen LogP contribution in [0.4, 0.5) is 0 Å². The van der Waals surface area contributed by atoms with Crippen LogP contribution in [0.1, 0.15) is 58.1 Å². The highest BCUT2D eigenvalue weighted by molar-refractivity contribution is 5.30. The van der Waals surface area contributed by atoms with Crippen molar-refractivity contribution < 1.29 is 24.1 Å². The molecule has 24 heavy (non-hydrogen) atoms. The van der Waals surface area contributed by atoms with Gasteiger partial charge in [-0.3, -0.25) is 0 Å². The SMILES string of the molecule is COC(C)(C)[C@@H]1OC(c2ccccc2[C@H](C)O)O[C@H]1C(C)(C)OC. The Morgan fingerprint density at radius 1 is 0.958 bits per heavy atom. The van der Waals surface area contributed by atoms with Gasteiger partial charge in [0.2, 0.25) is 0 Å². The van der Waals surface area contributed by atoms with E-state index in [1.165, 1.54) is 0 Å². The number of ether oxygens (including phenoxy) is 4. The van der Waals surface area contributed by atoms with Gasteiger partial charge >= 0.3 is 0 Å². The van der Waals surface area contributed by atoms with Crippen LogP contribution in [0.25, 0.3) is 0 Å². The molecule has 3 atom stereocenters. The zero-order chi connectivity index (χ0) is 18.1. The van der Waals surface area contributed by atoms with E-state index >= 15 is 0 Å². The summed E-state index contributed by atoms with van der Waals surface area (Å²) >= 11 is 0. The number of benzene rings is 1. The molecule has 1 aromatic carbocycles. The Morgan fingerprint density at radius 3 is 1.83 bits per heavy atom. The van der Waals surface area contributed by atoms with Crippen molar-refractivity contribution >= 4 is 0 Å². The largest absolute Gasteiger partial charge is 0.389 e. The molecule has 5 heteroatoms. The minimum Gasteiger partial charge on any atom is -0.389 e. The molecule has 5 nitrogen and oxygen atoms in total. The fraction of sp³-hybridized carbons (Fsp3) is 0.684. The average molecular weight is 338 g/mol. The Hall–Kier alpha value is -0.980. The predicted octanol–water partition coefficient (Wildman–Crippen LogP) is 3.37. The maximum absolute atomic E-state index is 10.0. The Kier molecular flexibility index (Phi) is 5.72. The molecule has 1 aromatic rings. The summed E-state index contributed by atoms with van der Waals surface area (Å²) in [6, 6.07) is 7.62. The fourth-order valence-electron chi connectivity index (χ4n) is 2.98. The normalized spacial score (nSPS) is 24.3. The first-order valence-corrected chi connectivity index (χ1v) is 8.32. The van der Waals surface area contributed by atoms with Crippen LogP contribution in [0.3, 0.4) is 0 Å². The van der Waals surface area contributed by atoms with E-state index in [9.17, 15) is 5.11 Å². The monoisotopic (exact) mass is 338 g/mol. The first-order valence-electron chi connectivity index (χ1n) is 8.32. The number of methoxy groups -OCH3 is 2. The molecule has 1 aliphatic rings. The van der Waals surface area contributed by atoms with Gasteiger partial charge in [-0.1, -0.05) is 24.3 Å². The molecule has 0 bridgehead atoms. The molecule has 0 amide bonds. The number of aliphatic hydroxyl groups excluding tert-OH is 1. The predicted molar refractivity (Wildman–Crippen MR) is 91.7 cm³/mol. The summed E-state index contributed by atoms with van der Waals surface area (Å²) < 4.78 is 23.8. The smallest absolute Gasteiger partial charge is 0.185 e. The van der Waals surface area contributed by atoms with Gasteiger partial charge < -0.3 is 24.1 Å². The van der Waals surface area contributed by atoms with Crippen molar-refractivity contribution in [3.05, 3.63) is 35.4 Å². The van der Waals surface area contributed by atoms with Crippen LogP contribution in [0.5, 0.6) is 0 Å². The molecular formula is C19H30O5. The van der Waals surface area contributed by atoms with Crippen molar-refractivity contribution in [3.8, 4) is 0 Å². The first-order chi connectivity index (χ1) is 11.1. The summed E-state index contributed by atoms with van der Waals surface area (Å²) in [6.07, 6.45) is -1.81. The molecule has 0 unspecified atom stereocenters. The molecule has 1 fully saturated rings. The third-order valence-corrected chi connectivity index (χ3v) is 4.94. The van der Waals surface area contributed by atoms with Crippen molar-refractivity contribution in [3.63, 3.8) is 0 Å². The highest BCUT2D eigenvalue weighted by Crippen LogP contribution is 2.43. The second-order valence-electron chi connectivity index (χ2n) is 7.37. The summed E-state index contributed by atoms with van der Waals surface area (Å²) in [5.74, 6) is 0. The van der Waals surface area contributed by atoms with Gasteiger partial charge in [-0.2, -0.15) is 0 Å². The van der Waals surface area contributed by atoms with Gasteiger partial charge in [0, 0.05) is 19.8 Å². The minimum atomic E-state index is -0.600. The summed E-state index contributed by atoms with van der Waals surface area (Å²) in [5, 5.41) is 10.0. The van der Waals surface area contributed by atoms with Crippen LogP contribution >= 0.6 is 0 Å². The molecule has 1 N–H and O–H groups in total. The highest BCUT2D eigenvalue weighted by Gasteiger charge is 2.52. The van der Waals surface area contributed by atoms with Crippen LogP contribution in [0.2, 0.25) is 0 Å². The van der Waals surface area contributed by atoms with E-state index < -0.39 is 23.6 Å². The second-order valence-corrected chi connectivity index (χ2v) is 7.37. The maximum Gasteiger partial charge on any atom is 0.185 e. The summed E-state index contributed by atoms with van der Waals surface area (Å²) in [7, 11) is 3.33. The number of hydrogen-bond acceptors (Lipinski definition) is 5. The quantitative estimate of drug-likeness (QED) is 0.862. The lowest BCUT2D eigenvalue weighted by Crippen LogP contribution is -2.53. The number of aliphatic hydroxyl groups is 1. The van der Waals surface area contributed by atoms with Crippen molar-refractivity contribution in [2.24, 2.45) is 0 Å². The van der Waals surface area contributed by atoms with E-state index in [1.54, 1.807) is 21.1 Å². The van der Waals surface area contributed by atoms with Gasteiger partial charge in [-0.05, 0) is 40.2 Å². The van der Waals surface area contributed by atoms with Gasteiger partial charge in [0.25, 0.3) is 0 Å². The molecule has 0 aliphatic carbocycles. The van der Waals surface area contributed by atoms with Gasteiger partial charge in [0.15, 0.2) is 6.29 Å². The van der Waals surface area contributed by atoms with Crippen molar-refractivity contribution in [1.82, 2.24) is 0 Å². The minimum absolute atomic E-state index is 0.315. The Balaban J connectivity index is 2.40. The summed E-state index contributed by atoms with van der Waals surface area (Å²) in [6.45, 7) is 9.64. The average Bonchev–Trinajstić information content (AvgIpc) is 3.01. The van der Waals surface area contributed by atoms with Gasteiger partial charge in [-0.15, -0.1) is 0 Å². The third-order valence-electron chi connectivity index (χ3n) is 4.94. The van der Waals surface area contributed by atoms with Crippen molar-refractivity contribution in [2.75, 3.05) is 14.2 Å². The lowest BCUT2D eigenvalue weighted by molar-refractivity contribution is -0.132. The molecule has 0 spiro atoms. The van der Waals surface area contributed by atoms with Crippen LogP contribution in [-0.4, -0.2) is 42.7 Å². The standard InChI is InChI=1S/C19H30O5/c1-12(20)13-10-8-9-11-14(13)17-23-15(18(2,3)21-6)16(24-17)19(4,5)22-7/h8-12,15-17,20H,1-7H3/t12-,15+,16+/m0/s1. The highest BCUT2D eigenvalue weighted by atomic mass is 16.7. The van der Waals surface area contributed by atoms with Gasteiger partial charge in [0.1, 0.15) is 12.2 Å². The summed E-state index contributed by atoms with van der Waals surface area (Å²) in [5.41, 5.74) is 0.537. The van der Waals surface area contributed by atoms with Crippen molar-refractivity contribution in [2.45, 2.75) is 70.4 Å². The Morgan fingerprint density at radius 2 is 1.42 bits per heavy atom. The molecule has 1 saturated heterocycles. The van der Waals surface area contributed by atoms with Crippen LogP contribution in [0.15, 0.2) is 24.3 Å². The third kappa shape index (κ3) is 3.65. The van der Waals surface area contributed by atoms with E-state index in [0.717, 1.165) is 11.1 Å². The topological polar surface area (TPSA) is 57.2 Å². The lowest BCUT2D eigenvalue weighted by Gasteiger charge is -2.38. The van der Waals surface area contributed by atoms with Crippen LogP contribution in [0, 0.1) is 0 Å². The number of rotatable bonds is 6. The maximum atomic E-state index is 10.0. The number of hydrogen-bond donors (Lipinski definition) is 1. The Bertz CT molecular complexity index is 528. The fourth-order valence-corrected chi connectivity index (χ4v) is 2.98. The molecule has 1 heterocycles. The van der Waals surface area contributed by atoms with Crippen molar-refractivity contribution in [1.29, 1.82) is 0 Å². The molecule has 0 saturated carbocycles. The summed E-state index contributed by atoms with van der Waals surface area (Å²) in [4.78, 5) is 0. The van der Waals surface area contributed by atoms with Gasteiger partial charge in [0.05, 0.1) is 17.3 Å². The lowest BCUT2D eigenvalue weighted by atomic mass is 9.87. The van der Waals surface area contributed by atoms with E-state index in [2.05, 4.69) is 0 Å². The molecule has 2 rings (SSSR count). The van der Waals surface area contributed by atoms with E-state index in [0.29, 0.717) is 0 Å². The van der Waals surface area contributed by atoms with Gasteiger partial charge in [-0.25, -0.2) is 0 Å². The van der Waals surface area contributed by atoms with Crippen LogP contribution < -0.4 is 0 Å². The zero-order valence-electron chi connectivity index (χ0n) is 15.7. The molecule has 0 radical (unpaired) electrons. The molecular weight excluding hydrogens is 308 g/mol. The zero-order valence-corrected chi connectivity index (χ0v) is 15.7. The van der Waals surface area contributed by atoms with E-state index in [1.807, 2.05) is 52.0 Å².